The topological polar surface area (TPSA) is 61.7 Å². The van der Waals surface area contributed by atoms with Crippen LogP contribution < -0.4 is 10.1 Å². The van der Waals surface area contributed by atoms with E-state index in [0.717, 1.165) is 16.8 Å². The van der Waals surface area contributed by atoms with Crippen LogP contribution in [0, 0.1) is 0 Å². The average molecular weight is 267 g/mol. The van der Waals surface area contributed by atoms with Crippen LogP contribution in [0.2, 0.25) is 0 Å². The predicted molar refractivity (Wildman–Crippen MR) is 75.9 cm³/mol. The van der Waals surface area contributed by atoms with Gasteiger partial charge in [-0.15, -0.1) is 0 Å². The lowest BCUT2D eigenvalue weighted by atomic mass is 10.0. The summed E-state index contributed by atoms with van der Waals surface area (Å²) < 4.78 is 6.00. The normalized spacial score (nSPS) is 22.0. The zero-order valence-electron chi connectivity index (χ0n) is 10.6. The molecule has 4 nitrogen and oxygen atoms in total. The molecule has 2 heterocycles. The van der Waals surface area contributed by atoms with E-state index in [9.17, 15) is 10.2 Å². The summed E-state index contributed by atoms with van der Waals surface area (Å²) in [5.74, 6) is 0.858. The highest BCUT2D eigenvalue weighted by Crippen LogP contribution is 2.43. The van der Waals surface area contributed by atoms with Gasteiger partial charge in [0.05, 0.1) is 0 Å². The Labute approximate surface area is 115 Å². The largest absolute Gasteiger partial charge is 0.508 e. The van der Waals surface area contributed by atoms with E-state index < -0.39 is 5.72 Å². The molecule has 4 heteroatoms. The standard InChI is InChI=1S/C16H13NO3/c18-12-4-5-13-11(8-12)9-16(17-13)7-6-10-2-1-3-14(19)15(10)20-16/h1-8,17-19H,9H2. The van der Waals surface area contributed by atoms with E-state index in [1.54, 1.807) is 24.3 Å². The van der Waals surface area contributed by atoms with E-state index in [4.69, 9.17) is 4.74 Å². The number of nitrogens with one attached hydrogen (secondary N) is 1. The Morgan fingerprint density at radius 1 is 1.15 bits per heavy atom. The SMILES string of the molecule is Oc1ccc2c(c1)CC1(C=Cc3cccc(O)c3O1)N2. The van der Waals surface area contributed by atoms with Crippen LogP contribution in [-0.4, -0.2) is 15.9 Å². The summed E-state index contributed by atoms with van der Waals surface area (Å²) in [6.45, 7) is 0. The lowest BCUT2D eigenvalue weighted by Crippen LogP contribution is -2.41. The van der Waals surface area contributed by atoms with Crippen molar-refractivity contribution >= 4 is 11.8 Å². The monoisotopic (exact) mass is 267 g/mol. The van der Waals surface area contributed by atoms with Crippen molar-refractivity contribution in [3.8, 4) is 17.2 Å². The molecule has 0 radical (unpaired) electrons. The smallest absolute Gasteiger partial charge is 0.204 e. The molecule has 0 amide bonds. The first-order chi connectivity index (χ1) is 9.65. The van der Waals surface area contributed by atoms with Gasteiger partial charge in [0.15, 0.2) is 11.5 Å². The fraction of sp³-hybridized carbons (Fsp3) is 0.125. The van der Waals surface area contributed by atoms with Gasteiger partial charge in [-0.3, -0.25) is 0 Å². The molecule has 0 saturated carbocycles. The van der Waals surface area contributed by atoms with E-state index in [1.807, 2.05) is 24.3 Å². The quantitative estimate of drug-likeness (QED) is 0.642. The third-order valence-electron chi connectivity index (χ3n) is 3.73. The third-order valence-corrected chi connectivity index (χ3v) is 3.73. The summed E-state index contributed by atoms with van der Waals surface area (Å²) in [6, 6.07) is 10.5. The number of ether oxygens (including phenoxy) is 1. The Morgan fingerprint density at radius 3 is 2.95 bits per heavy atom. The lowest BCUT2D eigenvalue weighted by Gasteiger charge is -2.32. The molecule has 2 aliphatic rings. The second kappa shape index (κ2) is 3.70. The van der Waals surface area contributed by atoms with Crippen LogP contribution in [0.4, 0.5) is 5.69 Å². The molecule has 0 aromatic heterocycles. The number of fused-ring (bicyclic) bond motifs is 2. The van der Waals surface area contributed by atoms with Crippen LogP contribution >= 0.6 is 0 Å². The van der Waals surface area contributed by atoms with Gasteiger partial charge in [-0.05, 0) is 42.0 Å². The minimum atomic E-state index is -0.693. The number of phenolic OH excluding ortho intramolecular Hbond substituents is 2. The molecule has 2 aliphatic heterocycles. The van der Waals surface area contributed by atoms with Crippen molar-refractivity contribution in [1.82, 2.24) is 0 Å². The van der Waals surface area contributed by atoms with Crippen LogP contribution in [0.1, 0.15) is 11.1 Å². The summed E-state index contributed by atoms with van der Waals surface area (Å²) in [5, 5.41) is 22.8. The number of benzene rings is 2. The van der Waals surface area contributed by atoms with Gasteiger partial charge in [0.25, 0.3) is 0 Å². The lowest BCUT2D eigenvalue weighted by molar-refractivity contribution is 0.149. The molecular weight excluding hydrogens is 254 g/mol. The number of aromatic hydroxyl groups is 2. The summed E-state index contributed by atoms with van der Waals surface area (Å²) >= 11 is 0. The Hall–Kier alpha value is -2.62. The van der Waals surface area contributed by atoms with E-state index in [1.165, 1.54) is 0 Å². The molecule has 0 saturated heterocycles. The molecule has 2 aromatic carbocycles. The van der Waals surface area contributed by atoms with Crippen LogP contribution in [0.5, 0.6) is 17.2 Å². The van der Waals surface area contributed by atoms with E-state index in [0.29, 0.717) is 12.2 Å². The molecule has 0 bridgehead atoms. The summed E-state index contributed by atoms with van der Waals surface area (Å²) in [6.07, 6.45) is 4.49. The van der Waals surface area contributed by atoms with Gasteiger partial charge < -0.3 is 20.3 Å². The molecule has 3 N–H and O–H groups in total. The minimum absolute atomic E-state index is 0.131. The highest BCUT2D eigenvalue weighted by molar-refractivity contribution is 5.70. The summed E-state index contributed by atoms with van der Waals surface area (Å²) in [7, 11) is 0. The number of phenols is 2. The zero-order chi connectivity index (χ0) is 13.7. The van der Waals surface area contributed by atoms with Crippen LogP contribution in [-0.2, 0) is 6.42 Å². The predicted octanol–water partition coefficient (Wildman–Crippen LogP) is 2.87. The third kappa shape index (κ3) is 1.54. The van der Waals surface area contributed by atoms with Crippen molar-refractivity contribution < 1.29 is 14.9 Å². The molecule has 1 atom stereocenters. The first kappa shape index (κ1) is 11.2. The van der Waals surface area contributed by atoms with Crippen LogP contribution in [0.15, 0.2) is 42.5 Å². The summed E-state index contributed by atoms with van der Waals surface area (Å²) in [4.78, 5) is 0. The molecule has 100 valence electrons. The van der Waals surface area contributed by atoms with Crippen molar-refractivity contribution in [1.29, 1.82) is 0 Å². The number of hydrogen-bond donors (Lipinski definition) is 3. The molecular formula is C16H13NO3. The average Bonchev–Trinajstić information content (AvgIpc) is 2.77. The van der Waals surface area contributed by atoms with Gasteiger partial charge in [-0.2, -0.15) is 0 Å². The molecule has 0 fully saturated rings. The maximum absolute atomic E-state index is 9.93. The Balaban J connectivity index is 1.75. The molecule has 1 unspecified atom stereocenters. The fourth-order valence-corrected chi connectivity index (χ4v) is 2.79. The Kier molecular flexibility index (Phi) is 2.07. The molecule has 20 heavy (non-hydrogen) atoms. The van der Waals surface area contributed by atoms with Crippen molar-refractivity contribution in [3.63, 3.8) is 0 Å². The van der Waals surface area contributed by atoms with Crippen molar-refractivity contribution in [2.24, 2.45) is 0 Å². The number of para-hydroxylation sites is 1. The minimum Gasteiger partial charge on any atom is -0.508 e. The number of rotatable bonds is 0. The molecule has 0 aliphatic carbocycles. The van der Waals surface area contributed by atoms with Crippen molar-refractivity contribution in [2.75, 3.05) is 5.32 Å². The molecule has 1 spiro atoms. The van der Waals surface area contributed by atoms with Crippen molar-refractivity contribution in [2.45, 2.75) is 12.1 Å². The first-order valence-electron chi connectivity index (χ1n) is 6.46. The maximum Gasteiger partial charge on any atom is 0.204 e. The second-order valence-corrected chi connectivity index (χ2v) is 5.16. The van der Waals surface area contributed by atoms with Gasteiger partial charge >= 0.3 is 0 Å². The van der Waals surface area contributed by atoms with E-state index in [-0.39, 0.29) is 11.5 Å². The maximum atomic E-state index is 9.93. The van der Waals surface area contributed by atoms with E-state index in [2.05, 4.69) is 5.32 Å². The Morgan fingerprint density at radius 2 is 2.05 bits per heavy atom. The molecule has 2 aromatic rings. The zero-order valence-corrected chi connectivity index (χ0v) is 10.6. The van der Waals surface area contributed by atoms with E-state index >= 15 is 0 Å². The van der Waals surface area contributed by atoms with Gasteiger partial charge in [-0.25, -0.2) is 0 Å². The van der Waals surface area contributed by atoms with Crippen molar-refractivity contribution in [3.05, 3.63) is 53.6 Å². The van der Waals surface area contributed by atoms with Gasteiger partial charge in [0.2, 0.25) is 5.72 Å². The second-order valence-electron chi connectivity index (χ2n) is 5.16. The summed E-state index contributed by atoms with van der Waals surface area (Å²) in [5.41, 5.74) is 2.10. The number of hydrogen-bond acceptors (Lipinski definition) is 4. The first-order valence-corrected chi connectivity index (χ1v) is 6.46. The van der Waals surface area contributed by atoms with Crippen LogP contribution in [0.25, 0.3) is 6.08 Å². The molecule has 4 rings (SSSR count). The highest BCUT2D eigenvalue weighted by atomic mass is 16.5. The van der Waals surface area contributed by atoms with Gasteiger partial charge in [-0.1, -0.05) is 12.1 Å². The van der Waals surface area contributed by atoms with Gasteiger partial charge in [0, 0.05) is 17.7 Å². The highest BCUT2D eigenvalue weighted by Gasteiger charge is 2.39. The number of anilines is 1. The Bertz CT molecular complexity index is 738. The fourth-order valence-electron chi connectivity index (χ4n) is 2.79. The van der Waals surface area contributed by atoms with Gasteiger partial charge in [0.1, 0.15) is 5.75 Å². The van der Waals surface area contributed by atoms with Crippen LogP contribution in [0.3, 0.4) is 0 Å².